The van der Waals surface area contributed by atoms with Crippen LogP contribution in [0.4, 0.5) is 10.1 Å². The zero-order chi connectivity index (χ0) is 17.6. The highest BCUT2D eigenvalue weighted by atomic mass is 19.1. The van der Waals surface area contributed by atoms with Crippen LogP contribution in [0.15, 0.2) is 48.5 Å². The zero-order valence-corrected chi connectivity index (χ0v) is 14.7. The lowest BCUT2D eigenvalue weighted by atomic mass is 10.1. The van der Waals surface area contributed by atoms with Crippen molar-refractivity contribution in [3.63, 3.8) is 0 Å². The van der Waals surface area contributed by atoms with Crippen LogP contribution in [0.25, 0.3) is 0 Å². The number of hydrogen-bond acceptors (Lipinski definition) is 2. The predicted octanol–water partition coefficient (Wildman–Crippen LogP) is 4.24. The molecule has 0 aliphatic carbocycles. The number of benzene rings is 2. The van der Waals surface area contributed by atoms with E-state index in [1.54, 1.807) is 18.2 Å². The smallest absolute Gasteiger partial charge is 0.225 e. The Hall–Kier alpha value is -2.36. The summed E-state index contributed by atoms with van der Waals surface area (Å²) in [4.78, 5) is 14.6. The van der Waals surface area contributed by atoms with Crippen molar-refractivity contribution < 1.29 is 9.18 Å². The summed E-state index contributed by atoms with van der Waals surface area (Å²) in [5.74, 6) is -0.506. The van der Waals surface area contributed by atoms with E-state index in [0.29, 0.717) is 5.56 Å². The Morgan fingerprint density at radius 2 is 1.76 bits per heavy atom. The highest BCUT2D eigenvalue weighted by molar-refractivity contribution is 5.79. The lowest BCUT2D eigenvalue weighted by molar-refractivity contribution is -0.121. The molecular formula is C21H25FN2O. The average Bonchev–Trinajstić information content (AvgIpc) is 2.64. The fraction of sp³-hybridized carbons (Fsp3) is 0.381. The first-order chi connectivity index (χ1) is 12.1. The zero-order valence-electron chi connectivity index (χ0n) is 14.7. The SMILES string of the molecule is C[C@H](NC(=O)Cc1ccccc1F)c1ccc(N2CCCCC2)cc1. The first kappa shape index (κ1) is 17.5. The number of piperidine rings is 1. The summed E-state index contributed by atoms with van der Waals surface area (Å²) in [7, 11) is 0. The van der Waals surface area contributed by atoms with Crippen molar-refractivity contribution in [3.8, 4) is 0 Å². The molecule has 1 aliphatic rings. The van der Waals surface area contributed by atoms with Gasteiger partial charge in [0.05, 0.1) is 12.5 Å². The van der Waals surface area contributed by atoms with E-state index in [0.717, 1.165) is 18.7 Å². The lowest BCUT2D eigenvalue weighted by Gasteiger charge is -2.29. The Balaban J connectivity index is 1.58. The highest BCUT2D eigenvalue weighted by Crippen LogP contribution is 2.22. The number of rotatable bonds is 5. The molecule has 1 fully saturated rings. The van der Waals surface area contributed by atoms with Gasteiger partial charge in [0.15, 0.2) is 0 Å². The molecule has 3 nitrogen and oxygen atoms in total. The summed E-state index contributed by atoms with van der Waals surface area (Å²) in [6.45, 7) is 4.19. The molecule has 1 heterocycles. The number of halogens is 1. The van der Waals surface area contributed by atoms with Crippen LogP contribution in [0, 0.1) is 5.82 Å². The molecule has 2 aromatic carbocycles. The van der Waals surface area contributed by atoms with Gasteiger partial charge in [0.1, 0.15) is 5.82 Å². The van der Waals surface area contributed by atoms with E-state index in [1.165, 1.54) is 31.0 Å². The summed E-state index contributed by atoms with van der Waals surface area (Å²) in [6, 6.07) is 14.7. The Morgan fingerprint density at radius 3 is 2.44 bits per heavy atom. The normalized spacial score (nSPS) is 15.7. The quantitative estimate of drug-likeness (QED) is 0.883. The van der Waals surface area contributed by atoms with E-state index in [1.807, 2.05) is 6.92 Å². The second-order valence-electron chi connectivity index (χ2n) is 6.70. The van der Waals surface area contributed by atoms with Crippen molar-refractivity contribution in [1.82, 2.24) is 5.32 Å². The van der Waals surface area contributed by atoms with Gasteiger partial charge in [-0.05, 0) is 55.5 Å². The molecule has 0 aromatic heterocycles. The number of carbonyl (C=O) groups is 1. The fourth-order valence-electron chi connectivity index (χ4n) is 3.32. The van der Waals surface area contributed by atoms with Crippen molar-refractivity contribution in [2.45, 2.75) is 38.6 Å². The maximum absolute atomic E-state index is 13.6. The molecule has 132 valence electrons. The van der Waals surface area contributed by atoms with Gasteiger partial charge in [-0.3, -0.25) is 4.79 Å². The van der Waals surface area contributed by atoms with E-state index in [9.17, 15) is 9.18 Å². The van der Waals surface area contributed by atoms with Gasteiger partial charge in [0.2, 0.25) is 5.91 Å². The summed E-state index contributed by atoms with van der Waals surface area (Å²) in [5.41, 5.74) is 2.73. The van der Waals surface area contributed by atoms with Gasteiger partial charge >= 0.3 is 0 Å². The number of hydrogen-bond donors (Lipinski definition) is 1. The van der Waals surface area contributed by atoms with Crippen LogP contribution in [-0.4, -0.2) is 19.0 Å². The third-order valence-electron chi connectivity index (χ3n) is 4.80. The third-order valence-corrected chi connectivity index (χ3v) is 4.80. The van der Waals surface area contributed by atoms with Crippen LogP contribution in [0.3, 0.4) is 0 Å². The van der Waals surface area contributed by atoms with E-state index in [4.69, 9.17) is 0 Å². The van der Waals surface area contributed by atoms with Crippen LogP contribution < -0.4 is 10.2 Å². The van der Waals surface area contributed by atoms with E-state index in [2.05, 4.69) is 34.5 Å². The third kappa shape index (κ3) is 4.59. The Labute approximate surface area is 148 Å². The van der Waals surface area contributed by atoms with Gasteiger partial charge in [-0.25, -0.2) is 4.39 Å². The predicted molar refractivity (Wildman–Crippen MR) is 99.2 cm³/mol. The van der Waals surface area contributed by atoms with Crippen molar-refractivity contribution in [2.75, 3.05) is 18.0 Å². The molecule has 0 spiro atoms. The average molecular weight is 340 g/mol. The van der Waals surface area contributed by atoms with Crippen molar-refractivity contribution in [2.24, 2.45) is 0 Å². The summed E-state index contributed by atoms with van der Waals surface area (Å²) in [6.07, 6.45) is 3.89. The summed E-state index contributed by atoms with van der Waals surface area (Å²) < 4.78 is 13.6. The molecule has 2 aromatic rings. The first-order valence-electron chi connectivity index (χ1n) is 9.01. The Morgan fingerprint density at radius 1 is 1.08 bits per heavy atom. The van der Waals surface area contributed by atoms with Gasteiger partial charge in [0.25, 0.3) is 0 Å². The largest absolute Gasteiger partial charge is 0.372 e. The molecule has 0 saturated carbocycles. The van der Waals surface area contributed by atoms with Crippen LogP contribution in [0.2, 0.25) is 0 Å². The maximum atomic E-state index is 13.6. The number of nitrogens with one attached hydrogen (secondary N) is 1. The van der Waals surface area contributed by atoms with Gasteiger partial charge in [-0.2, -0.15) is 0 Å². The minimum absolute atomic E-state index is 0.0584. The van der Waals surface area contributed by atoms with Crippen LogP contribution >= 0.6 is 0 Å². The highest BCUT2D eigenvalue weighted by Gasteiger charge is 2.14. The number of amides is 1. The van der Waals surface area contributed by atoms with Gasteiger partial charge < -0.3 is 10.2 Å². The first-order valence-corrected chi connectivity index (χ1v) is 9.01. The van der Waals surface area contributed by atoms with E-state index >= 15 is 0 Å². The van der Waals surface area contributed by atoms with Crippen LogP contribution in [0.5, 0.6) is 0 Å². The molecule has 0 bridgehead atoms. The molecule has 1 atom stereocenters. The Kier molecular flexibility index (Phi) is 5.69. The standard InChI is InChI=1S/C21H25FN2O/c1-16(23-21(25)15-18-7-3-4-8-20(18)22)17-9-11-19(12-10-17)24-13-5-2-6-14-24/h3-4,7-12,16H,2,5-6,13-15H2,1H3,(H,23,25)/t16-/m0/s1. The van der Waals surface area contributed by atoms with Gasteiger partial charge in [-0.1, -0.05) is 30.3 Å². The molecule has 0 radical (unpaired) electrons. The molecule has 4 heteroatoms. The van der Waals surface area contributed by atoms with Crippen LogP contribution in [0.1, 0.15) is 43.4 Å². The minimum atomic E-state index is -0.337. The molecule has 25 heavy (non-hydrogen) atoms. The van der Waals surface area contributed by atoms with E-state index < -0.39 is 0 Å². The number of carbonyl (C=O) groups excluding carboxylic acids is 1. The molecule has 3 rings (SSSR count). The topological polar surface area (TPSA) is 32.3 Å². The fourth-order valence-corrected chi connectivity index (χ4v) is 3.32. The second kappa shape index (κ2) is 8.15. The van der Waals surface area contributed by atoms with Gasteiger partial charge in [-0.15, -0.1) is 0 Å². The molecule has 0 unspecified atom stereocenters. The summed E-state index contributed by atoms with van der Waals surface area (Å²) >= 11 is 0. The monoisotopic (exact) mass is 340 g/mol. The minimum Gasteiger partial charge on any atom is -0.372 e. The lowest BCUT2D eigenvalue weighted by Crippen LogP contribution is -2.30. The van der Waals surface area contributed by atoms with Crippen LogP contribution in [-0.2, 0) is 11.2 Å². The number of nitrogens with zero attached hydrogens (tertiary/aromatic N) is 1. The molecule has 1 aliphatic heterocycles. The van der Waals surface area contributed by atoms with Gasteiger partial charge in [0, 0.05) is 18.8 Å². The maximum Gasteiger partial charge on any atom is 0.225 e. The molecule has 1 saturated heterocycles. The van der Waals surface area contributed by atoms with Crippen molar-refractivity contribution >= 4 is 11.6 Å². The second-order valence-corrected chi connectivity index (χ2v) is 6.70. The summed E-state index contributed by atoms with van der Waals surface area (Å²) in [5, 5.41) is 2.95. The Bertz CT molecular complexity index is 708. The van der Waals surface area contributed by atoms with Crippen molar-refractivity contribution in [1.29, 1.82) is 0 Å². The molecule has 1 N–H and O–H groups in total. The number of anilines is 1. The molecular weight excluding hydrogens is 315 g/mol. The van der Waals surface area contributed by atoms with Crippen molar-refractivity contribution in [3.05, 3.63) is 65.5 Å². The van der Waals surface area contributed by atoms with E-state index in [-0.39, 0.29) is 24.2 Å². The molecule has 1 amide bonds.